The van der Waals surface area contributed by atoms with E-state index in [1.165, 1.54) is 0 Å². The molecule has 0 atom stereocenters. The highest BCUT2D eigenvalue weighted by atomic mass is 16.5. The summed E-state index contributed by atoms with van der Waals surface area (Å²) in [5.74, 6) is 1.51. The van der Waals surface area contributed by atoms with Gasteiger partial charge in [0.25, 0.3) is 5.91 Å². The summed E-state index contributed by atoms with van der Waals surface area (Å²) >= 11 is 0. The molecule has 10 heteroatoms. The number of rotatable bonds is 9. The SMILES string of the molecule is COc1ccc(-c2cnc(N)c(-c3ccc(NC(=O)c4cn(CC5CCOCC5)cc(-c5ccc(C)cn5)c4=O)cc3)c2)cc1OC. The monoisotopic (exact) mass is 631 g/mol. The number of carbonyl (C=O) groups is 1. The summed E-state index contributed by atoms with van der Waals surface area (Å²) in [4.78, 5) is 36.2. The van der Waals surface area contributed by atoms with E-state index in [0.717, 1.165) is 40.7 Å². The summed E-state index contributed by atoms with van der Waals surface area (Å²) in [7, 11) is 3.19. The molecule has 0 saturated carbocycles. The number of nitrogens with one attached hydrogen (secondary N) is 1. The summed E-state index contributed by atoms with van der Waals surface area (Å²) in [6.45, 7) is 4.04. The van der Waals surface area contributed by atoms with Crippen LogP contribution >= 0.6 is 0 Å². The molecular weight excluding hydrogens is 594 g/mol. The molecule has 240 valence electrons. The molecule has 10 nitrogen and oxygen atoms in total. The average molecular weight is 632 g/mol. The Kier molecular flexibility index (Phi) is 9.30. The minimum Gasteiger partial charge on any atom is -0.493 e. The van der Waals surface area contributed by atoms with Crippen molar-refractivity contribution in [1.82, 2.24) is 14.5 Å². The molecule has 0 unspecified atom stereocenters. The highest BCUT2D eigenvalue weighted by molar-refractivity contribution is 6.04. The number of ether oxygens (including phenoxy) is 3. The van der Waals surface area contributed by atoms with Gasteiger partial charge in [0.15, 0.2) is 11.5 Å². The van der Waals surface area contributed by atoms with Gasteiger partial charge < -0.3 is 29.8 Å². The molecule has 1 aliphatic rings. The lowest BCUT2D eigenvalue weighted by Crippen LogP contribution is -2.27. The number of nitrogen functional groups attached to an aromatic ring is 1. The molecule has 3 N–H and O–H groups in total. The van der Waals surface area contributed by atoms with Crippen LogP contribution in [0, 0.1) is 12.8 Å². The second-order valence-electron chi connectivity index (χ2n) is 11.6. The van der Waals surface area contributed by atoms with Crippen LogP contribution in [-0.4, -0.2) is 47.9 Å². The van der Waals surface area contributed by atoms with E-state index >= 15 is 0 Å². The number of aryl methyl sites for hydroxylation is 1. The molecule has 1 fully saturated rings. The Hall–Kier alpha value is -5.48. The van der Waals surface area contributed by atoms with Crippen LogP contribution in [0.2, 0.25) is 0 Å². The first-order chi connectivity index (χ1) is 22.8. The number of aromatic nitrogens is 3. The van der Waals surface area contributed by atoms with Gasteiger partial charge in [-0.2, -0.15) is 0 Å². The molecule has 0 bridgehead atoms. The van der Waals surface area contributed by atoms with Crippen molar-refractivity contribution in [1.29, 1.82) is 0 Å². The molecule has 2 aromatic carbocycles. The van der Waals surface area contributed by atoms with Crippen LogP contribution < -0.4 is 26.0 Å². The van der Waals surface area contributed by atoms with Crippen LogP contribution in [0.3, 0.4) is 0 Å². The van der Waals surface area contributed by atoms with Gasteiger partial charge in [-0.15, -0.1) is 0 Å². The van der Waals surface area contributed by atoms with E-state index in [4.69, 9.17) is 19.9 Å². The van der Waals surface area contributed by atoms with E-state index in [-0.39, 0.29) is 11.0 Å². The molecule has 0 radical (unpaired) electrons. The molecule has 1 aliphatic heterocycles. The minimum absolute atomic E-state index is 0.0528. The zero-order valence-electron chi connectivity index (χ0n) is 26.7. The fourth-order valence-corrected chi connectivity index (χ4v) is 5.75. The van der Waals surface area contributed by atoms with Crippen LogP contribution in [0.25, 0.3) is 33.5 Å². The third kappa shape index (κ3) is 7.02. The standard InChI is InChI=1S/C37H37N5O5/c1-23-4-10-32(39-18-23)30-21-42(20-24-12-14-47-15-13-24)22-31(35(30)43)37(44)41-28-8-5-25(6-9-28)29-16-27(19-40-36(29)38)26-7-11-33(45-2)34(17-26)46-3/h4-11,16-19,21-22,24H,12-15,20H2,1-3H3,(H2,38,40)(H,41,44). The number of benzene rings is 2. The maximum Gasteiger partial charge on any atom is 0.261 e. The van der Waals surface area contributed by atoms with Crippen molar-refractivity contribution in [3.63, 3.8) is 0 Å². The van der Waals surface area contributed by atoms with Crippen LogP contribution in [0.1, 0.15) is 28.8 Å². The van der Waals surface area contributed by atoms with Gasteiger partial charge in [-0.3, -0.25) is 14.6 Å². The largest absolute Gasteiger partial charge is 0.493 e. The Bertz CT molecular complexity index is 1950. The number of hydrogen-bond donors (Lipinski definition) is 2. The first-order valence-electron chi connectivity index (χ1n) is 15.5. The minimum atomic E-state index is -0.492. The van der Waals surface area contributed by atoms with E-state index in [2.05, 4.69) is 15.3 Å². The van der Waals surface area contributed by atoms with E-state index in [1.807, 2.05) is 60.0 Å². The topological polar surface area (TPSA) is 131 Å². The summed E-state index contributed by atoms with van der Waals surface area (Å²) in [5.41, 5.74) is 11.7. The fraction of sp³-hybridized carbons (Fsp3) is 0.243. The van der Waals surface area contributed by atoms with Crippen molar-refractivity contribution < 1.29 is 19.0 Å². The Morgan fingerprint density at radius 3 is 2.34 bits per heavy atom. The molecule has 1 amide bonds. The maximum atomic E-state index is 13.7. The molecule has 1 saturated heterocycles. The van der Waals surface area contributed by atoms with Gasteiger partial charge in [-0.05, 0) is 78.8 Å². The summed E-state index contributed by atoms with van der Waals surface area (Å²) < 4.78 is 18.3. The van der Waals surface area contributed by atoms with Gasteiger partial charge in [0.05, 0.1) is 25.5 Å². The molecular formula is C37H37N5O5. The molecule has 0 spiro atoms. The molecule has 5 aromatic rings. The molecule has 6 rings (SSSR count). The first-order valence-corrected chi connectivity index (χ1v) is 15.5. The number of methoxy groups -OCH3 is 2. The highest BCUT2D eigenvalue weighted by Crippen LogP contribution is 2.35. The van der Waals surface area contributed by atoms with Crippen molar-refractivity contribution in [2.45, 2.75) is 26.3 Å². The van der Waals surface area contributed by atoms with Crippen molar-refractivity contribution in [2.75, 3.05) is 38.5 Å². The lowest BCUT2D eigenvalue weighted by molar-refractivity contribution is 0.0612. The van der Waals surface area contributed by atoms with Gasteiger partial charge in [0.2, 0.25) is 5.43 Å². The number of anilines is 2. The smallest absolute Gasteiger partial charge is 0.261 e. The normalized spacial score (nSPS) is 13.3. The van der Waals surface area contributed by atoms with Gasteiger partial charge in [-0.25, -0.2) is 4.98 Å². The Balaban J connectivity index is 1.26. The summed E-state index contributed by atoms with van der Waals surface area (Å²) in [5, 5.41) is 2.91. The van der Waals surface area contributed by atoms with Crippen LogP contribution in [0.5, 0.6) is 11.5 Å². The molecule has 0 aliphatic carbocycles. The van der Waals surface area contributed by atoms with Crippen molar-refractivity contribution in [2.24, 2.45) is 5.92 Å². The van der Waals surface area contributed by atoms with Gasteiger partial charge >= 0.3 is 0 Å². The van der Waals surface area contributed by atoms with Gasteiger partial charge in [-0.1, -0.05) is 24.3 Å². The Morgan fingerprint density at radius 1 is 0.894 bits per heavy atom. The zero-order chi connectivity index (χ0) is 32.9. The second-order valence-corrected chi connectivity index (χ2v) is 11.6. The van der Waals surface area contributed by atoms with Crippen molar-refractivity contribution in [3.8, 4) is 45.0 Å². The number of hydrogen-bond acceptors (Lipinski definition) is 8. The number of amides is 1. The van der Waals surface area contributed by atoms with Crippen LogP contribution in [0.4, 0.5) is 11.5 Å². The highest BCUT2D eigenvalue weighted by Gasteiger charge is 2.20. The Labute approximate surface area is 273 Å². The molecule has 47 heavy (non-hydrogen) atoms. The predicted octanol–water partition coefficient (Wildman–Crippen LogP) is 6.23. The predicted molar refractivity (Wildman–Crippen MR) is 183 cm³/mol. The average Bonchev–Trinajstić information content (AvgIpc) is 3.10. The number of nitrogens with zero attached hydrogens (tertiary/aromatic N) is 3. The number of carbonyl (C=O) groups excluding carboxylic acids is 1. The lowest BCUT2D eigenvalue weighted by Gasteiger charge is -2.23. The zero-order valence-corrected chi connectivity index (χ0v) is 26.7. The molecule has 4 heterocycles. The van der Waals surface area contributed by atoms with Gasteiger partial charge in [0, 0.05) is 61.4 Å². The number of pyridine rings is 3. The van der Waals surface area contributed by atoms with E-state index < -0.39 is 5.91 Å². The van der Waals surface area contributed by atoms with Crippen molar-refractivity contribution >= 4 is 17.4 Å². The van der Waals surface area contributed by atoms with E-state index in [0.29, 0.717) is 59.9 Å². The summed E-state index contributed by atoms with van der Waals surface area (Å²) in [6, 6.07) is 18.6. The number of nitrogens with two attached hydrogens (primary N) is 1. The summed E-state index contributed by atoms with van der Waals surface area (Å²) in [6.07, 6.45) is 8.73. The Morgan fingerprint density at radius 2 is 1.64 bits per heavy atom. The molecule has 3 aromatic heterocycles. The quantitative estimate of drug-likeness (QED) is 0.196. The fourth-order valence-electron chi connectivity index (χ4n) is 5.75. The third-order valence-electron chi connectivity index (χ3n) is 8.41. The maximum absolute atomic E-state index is 13.7. The van der Waals surface area contributed by atoms with Crippen molar-refractivity contribution in [3.05, 3.63) is 107 Å². The first kappa shape index (κ1) is 31.5. The lowest BCUT2D eigenvalue weighted by atomic mass is 10.00. The van der Waals surface area contributed by atoms with Gasteiger partial charge in [0.1, 0.15) is 11.4 Å². The van der Waals surface area contributed by atoms with E-state index in [1.54, 1.807) is 51.1 Å². The van der Waals surface area contributed by atoms with Crippen LogP contribution in [-0.2, 0) is 11.3 Å². The second kappa shape index (κ2) is 13.9. The van der Waals surface area contributed by atoms with Crippen LogP contribution in [0.15, 0.2) is 90.2 Å². The van der Waals surface area contributed by atoms with E-state index in [9.17, 15) is 9.59 Å². The third-order valence-corrected chi connectivity index (χ3v) is 8.41.